The number of nitrogens with zero attached hydrogens (tertiary/aromatic N) is 2. The van der Waals surface area contributed by atoms with E-state index in [9.17, 15) is 4.79 Å². The average Bonchev–Trinajstić information content (AvgIpc) is 2.87. The lowest BCUT2D eigenvalue weighted by Gasteiger charge is -2.25. The molecule has 1 atom stereocenters. The van der Waals surface area contributed by atoms with Crippen LogP contribution in [0.15, 0.2) is 12.3 Å². The van der Waals surface area contributed by atoms with Crippen LogP contribution in [-0.4, -0.2) is 35.3 Å². The highest BCUT2D eigenvalue weighted by Crippen LogP contribution is 2.25. The van der Waals surface area contributed by atoms with Crippen molar-refractivity contribution < 1.29 is 4.79 Å². The Morgan fingerprint density at radius 3 is 3.00 bits per heavy atom. The molecule has 0 spiro atoms. The highest BCUT2D eigenvalue weighted by atomic mass is 16.1. The zero-order valence-electron chi connectivity index (χ0n) is 11.3. The molecule has 5 heteroatoms. The molecule has 1 amide bonds. The normalized spacial score (nSPS) is 23.9. The molecule has 5 nitrogen and oxygen atoms in total. The average molecular weight is 262 g/mol. The molecule has 2 N–H and O–H groups in total. The maximum Gasteiger partial charge on any atom is 0.271 e. The summed E-state index contributed by atoms with van der Waals surface area (Å²) in [6, 6.07) is 2.21. The smallest absolute Gasteiger partial charge is 0.271 e. The molecule has 1 aromatic rings. The zero-order chi connectivity index (χ0) is 13.1. The van der Waals surface area contributed by atoms with E-state index >= 15 is 0 Å². The quantitative estimate of drug-likeness (QED) is 0.861. The van der Waals surface area contributed by atoms with E-state index in [0.29, 0.717) is 17.7 Å². The van der Waals surface area contributed by atoms with E-state index in [0.717, 1.165) is 26.1 Å². The third kappa shape index (κ3) is 2.97. The topological polar surface area (TPSA) is 59.0 Å². The first-order valence-corrected chi connectivity index (χ1v) is 7.37. The Morgan fingerprint density at radius 1 is 1.42 bits per heavy atom. The Labute approximate surface area is 113 Å². The van der Waals surface area contributed by atoms with Gasteiger partial charge in [-0.15, -0.1) is 0 Å². The van der Waals surface area contributed by atoms with Crippen molar-refractivity contribution in [1.29, 1.82) is 0 Å². The molecule has 2 aliphatic rings. The van der Waals surface area contributed by atoms with E-state index < -0.39 is 0 Å². The van der Waals surface area contributed by atoms with Crippen LogP contribution in [0.4, 0.5) is 0 Å². The summed E-state index contributed by atoms with van der Waals surface area (Å²) in [4.78, 5) is 12.0. The number of nitrogens with one attached hydrogen (secondary N) is 2. The van der Waals surface area contributed by atoms with E-state index in [1.165, 1.54) is 25.7 Å². The van der Waals surface area contributed by atoms with Crippen LogP contribution in [0.1, 0.15) is 48.6 Å². The van der Waals surface area contributed by atoms with Crippen LogP contribution in [0, 0.1) is 5.92 Å². The van der Waals surface area contributed by atoms with Crippen molar-refractivity contribution >= 4 is 5.91 Å². The second-order valence-corrected chi connectivity index (χ2v) is 5.69. The van der Waals surface area contributed by atoms with Crippen LogP contribution in [0.2, 0.25) is 0 Å². The SMILES string of the molecule is O=C(NCC1CCC1)c1ccn(C2CCCNC2)n1. The molecule has 104 valence electrons. The number of piperidine rings is 1. The third-order valence-electron chi connectivity index (χ3n) is 4.26. The van der Waals surface area contributed by atoms with Crippen molar-refractivity contribution in [2.45, 2.75) is 38.1 Å². The molecule has 1 unspecified atom stereocenters. The van der Waals surface area contributed by atoms with Gasteiger partial charge in [-0.25, -0.2) is 0 Å². The van der Waals surface area contributed by atoms with Gasteiger partial charge in [0.2, 0.25) is 0 Å². The molecule has 1 aliphatic heterocycles. The lowest BCUT2D eigenvalue weighted by atomic mass is 9.85. The number of amides is 1. The third-order valence-corrected chi connectivity index (χ3v) is 4.26. The zero-order valence-corrected chi connectivity index (χ0v) is 11.3. The Morgan fingerprint density at radius 2 is 2.32 bits per heavy atom. The number of carbonyl (C=O) groups is 1. The highest BCUT2D eigenvalue weighted by Gasteiger charge is 2.20. The monoisotopic (exact) mass is 262 g/mol. The van der Waals surface area contributed by atoms with E-state index in [1.807, 2.05) is 16.9 Å². The van der Waals surface area contributed by atoms with E-state index in [1.54, 1.807) is 0 Å². The first kappa shape index (κ1) is 12.7. The van der Waals surface area contributed by atoms with Gasteiger partial charge >= 0.3 is 0 Å². The van der Waals surface area contributed by atoms with Crippen LogP contribution in [0.3, 0.4) is 0 Å². The van der Waals surface area contributed by atoms with Crippen molar-refractivity contribution in [3.8, 4) is 0 Å². The van der Waals surface area contributed by atoms with Gasteiger partial charge in [0.05, 0.1) is 6.04 Å². The summed E-state index contributed by atoms with van der Waals surface area (Å²) in [5, 5.41) is 10.8. The summed E-state index contributed by atoms with van der Waals surface area (Å²) in [5.41, 5.74) is 0.546. The van der Waals surface area contributed by atoms with Crippen LogP contribution in [0.25, 0.3) is 0 Å². The van der Waals surface area contributed by atoms with E-state index in [2.05, 4.69) is 15.7 Å². The van der Waals surface area contributed by atoms with E-state index in [4.69, 9.17) is 0 Å². The van der Waals surface area contributed by atoms with Gasteiger partial charge < -0.3 is 10.6 Å². The fraction of sp³-hybridized carbons (Fsp3) is 0.714. The minimum absolute atomic E-state index is 0.0329. The Hall–Kier alpha value is -1.36. The largest absolute Gasteiger partial charge is 0.350 e. The van der Waals surface area contributed by atoms with Gasteiger partial charge in [-0.1, -0.05) is 6.42 Å². The molecule has 2 fully saturated rings. The summed E-state index contributed by atoms with van der Waals surface area (Å²) in [6.07, 6.45) is 8.05. The molecule has 0 bridgehead atoms. The Bertz CT molecular complexity index is 432. The van der Waals surface area contributed by atoms with Gasteiger partial charge in [0.1, 0.15) is 5.69 Å². The van der Waals surface area contributed by atoms with Gasteiger partial charge in [-0.2, -0.15) is 5.10 Å². The molecule has 19 heavy (non-hydrogen) atoms. The number of hydrogen-bond donors (Lipinski definition) is 2. The molecule has 1 saturated heterocycles. The van der Waals surface area contributed by atoms with Gasteiger partial charge in [-0.05, 0) is 44.2 Å². The molecular weight excluding hydrogens is 240 g/mol. The van der Waals surface area contributed by atoms with Gasteiger partial charge in [0.15, 0.2) is 0 Å². The van der Waals surface area contributed by atoms with Crippen LogP contribution >= 0.6 is 0 Å². The Kier molecular flexibility index (Phi) is 3.82. The van der Waals surface area contributed by atoms with Gasteiger partial charge in [-0.3, -0.25) is 9.48 Å². The van der Waals surface area contributed by atoms with E-state index in [-0.39, 0.29) is 5.91 Å². The summed E-state index contributed by atoms with van der Waals surface area (Å²) in [5.74, 6) is 0.656. The number of rotatable bonds is 4. The standard InChI is InChI=1S/C14H22N4O/c19-14(16-9-11-3-1-4-11)13-6-8-18(17-13)12-5-2-7-15-10-12/h6,8,11-12,15H,1-5,7,9-10H2,(H,16,19). The van der Waals surface area contributed by atoms with Crippen molar-refractivity contribution in [1.82, 2.24) is 20.4 Å². The first-order valence-electron chi connectivity index (χ1n) is 7.37. The molecule has 2 heterocycles. The predicted octanol–water partition coefficient (Wildman–Crippen LogP) is 1.34. The van der Waals surface area contributed by atoms with Gasteiger partial charge in [0, 0.05) is 19.3 Å². The molecule has 1 aliphatic carbocycles. The predicted molar refractivity (Wildman–Crippen MR) is 73.0 cm³/mol. The lowest BCUT2D eigenvalue weighted by molar-refractivity contribution is 0.0932. The molecule has 1 aromatic heterocycles. The summed E-state index contributed by atoms with van der Waals surface area (Å²) in [7, 11) is 0. The summed E-state index contributed by atoms with van der Waals surface area (Å²) in [6.45, 7) is 2.84. The number of carbonyl (C=O) groups excluding carboxylic acids is 1. The minimum atomic E-state index is -0.0329. The first-order chi connectivity index (χ1) is 9.33. The molecule has 0 radical (unpaired) electrons. The maximum absolute atomic E-state index is 12.0. The summed E-state index contributed by atoms with van der Waals surface area (Å²) >= 11 is 0. The maximum atomic E-state index is 12.0. The summed E-state index contributed by atoms with van der Waals surface area (Å²) < 4.78 is 1.93. The minimum Gasteiger partial charge on any atom is -0.350 e. The number of hydrogen-bond acceptors (Lipinski definition) is 3. The second-order valence-electron chi connectivity index (χ2n) is 5.69. The highest BCUT2D eigenvalue weighted by molar-refractivity contribution is 5.92. The molecule has 1 saturated carbocycles. The van der Waals surface area contributed by atoms with Crippen LogP contribution < -0.4 is 10.6 Å². The fourth-order valence-corrected chi connectivity index (χ4v) is 2.75. The van der Waals surface area contributed by atoms with Crippen molar-refractivity contribution in [2.75, 3.05) is 19.6 Å². The number of aromatic nitrogens is 2. The Balaban J connectivity index is 1.55. The second kappa shape index (κ2) is 5.74. The van der Waals surface area contributed by atoms with Gasteiger partial charge in [0.25, 0.3) is 5.91 Å². The van der Waals surface area contributed by atoms with Crippen LogP contribution in [0.5, 0.6) is 0 Å². The van der Waals surface area contributed by atoms with Crippen molar-refractivity contribution in [2.24, 2.45) is 5.92 Å². The fourth-order valence-electron chi connectivity index (χ4n) is 2.75. The van der Waals surface area contributed by atoms with Crippen molar-refractivity contribution in [3.05, 3.63) is 18.0 Å². The van der Waals surface area contributed by atoms with Crippen molar-refractivity contribution in [3.63, 3.8) is 0 Å². The molecule has 0 aromatic carbocycles. The van der Waals surface area contributed by atoms with Crippen LogP contribution in [-0.2, 0) is 0 Å². The molecular formula is C14H22N4O. The molecule has 3 rings (SSSR count). The lowest BCUT2D eigenvalue weighted by Crippen LogP contribution is -2.33.